The molecule has 0 aliphatic carbocycles. The van der Waals surface area contributed by atoms with Gasteiger partial charge in [-0.15, -0.1) is 11.3 Å². The number of carbonyl (C=O) groups is 2. The van der Waals surface area contributed by atoms with Crippen LogP contribution in [0.25, 0.3) is 11.3 Å². The highest BCUT2D eigenvalue weighted by Gasteiger charge is 2.25. The maximum absolute atomic E-state index is 12.5. The second-order valence-electron chi connectivity index (χ2n) is 6.78. The average Bonchev–Trinajstić information content (AvgIpc) is 3.26. The third kappa shape index (κ3) is 4.55. The van der Waals surface area contributed by atoms with E-state index >= 15 is 0 Å². The van der Waals surface area contributed by atoms with Crippen LogP contribution in [0.3, 0.4) is 0 Å². The monoisotopic (exact) mass is 413 g/mol. The van der Waals surface area contributed by atoms with Gasteiger partial charge in [-0.25, -0.2) is 9.78 Å². The minimum atomic E-state index is -1.01. The van der Waals surface area contributed by atoms with Crippen LogP contribution < -0.4 is 5.32 Å². The fourth-order valence-corrected chi connectivity index (χ4v) is 3.87. The first-order chi connectivity index (χ1) is 13.8. The van der Waals surface area contributed by atoms with Crippen molar-refractivity contribution >= 4 is 28.3 Å². The van der Waals surface area contributed by atoms with Crippen molar-refractivity contribution in [1.82, 2.24) is 9.97 Å². The molecular formula is C21H23N3O4S. The third-order valence-electron chi connectivity index (χ3n) is 4.57. The number of aromatic nitrogens is 2. The SMILES string of the molecule is Cc1[nH]c(C(=O)O[C@H](C)C(=O)Nc2nc(-c3ccccc3)cs2)c(C)c1[C@H](C)O. The number of ether oxygens (including phenoxy) is 1. The van der Waals surface area contributed by atoms with Gasteiger partial charge in [0, 0.05) is 22.2 Å². The van der Waals surface area contributed by atoms with E-state index in [0.29, 0.717) is 22.0 Å². The van der Waals surface area contributed by atoms with Gasteiger partial charge < -0.3 is 14.8 Å². The Morgan fingerprint density at radius 1 is 1.21 bits per heavy atom. The number of H-pyrrole nitrogens is 1. The van der Waals surface area contributed by atoms with Crippen molar-refractivity contribution in [2.45, 2.75) is 39.9 Å². The number of amides is 1. The average molecular weight is 413 g/mol. The predicted octanol–water partition coefficient (Wildman–Crippen LogP) is 3.99. The number of nitrogens with zero attached hydrogens (tertiary/aromatic N) is 1. The van der Waals surface area contributed by atoms with Gasteiger partial charge in [-0.1, -0.05) is 30.3 Å². The number of aliphatic hydroxyl groups excluding tert-OH is 1. The number of benzene rings is 1. The van der Waals surface area contributed by atoms with Gasteiger partial charge in [0.1, 0.15) is 5.69 Å². The molecule has 3 aromatic rings. The van der Waals surface area contributed by atoms with E-state index < -0.39 is 24.1 Å². The quantitative estimate of drug-likeness (QED) is 0.530. The van der Waals surface area contributed by atoms with E-state index in [1.165, 1.54) is 18.3 Å². The zero-order chi connectivity index (χ0) is 21.1. The van der Waals surface area contributed by atoms with Gasteiger partial charge in [-0.2, -0.15) is 0 Å². The normalized spacial score (nSPS) is 13.0. The lowest BCUT2D eigenvalue weighted by molar-refractivity contribution is -0.123. The lowest BCUT2D eigenvalue weighted by Gasteiger charge is -2.12. The van der Waals surface area contributed by atoms with E-state index in [0.717, 1.165) is 11.3 Å². The van der Waals surface area contributed by atoms with E-state index in [1.54, 1.807) is 20.8 Å². The molecule has 0 fully saturated rings. The number of esters is 1. The summed E-state index contributed by atoms with van der Waals surface area (Å²) in [6.45, 7) is 6.63. The number of hydrogen-bond acceptors (Lipinski definition) is 6. The number of rotatable bonds is 6. The van der Waals surface area contributed by atoms with Crippen molar-refractivity contribution in [1.29, 1.82) is 0 Å². The number of aryl methyl sites for hydroxylation is 1. The number of anilines is 1. The van der Waals surface area contributed by atoms with Crippen molar-refractivity contribution in [3.63, 3.8) is 0 Å². The molecule has 152 valence electrons. The van der Waals surface area contributed by atoms with Gasteiger partial charge in [0.15, 0.2) is 11.2 Å². The smallest absolute Gasteiger partial charge is 0.355 e. The molecule has 0 aliphatic heterocycles. The number of aliphatic hydroxyl groups is 1. The molecule has 7 nitrogen and oxygen atoms in total. The Labute approximate surface area is 172 Å². The number of aromatic amines is 1. The third-order valence-corrected chi connectivity index (χ3v) is 5.33. The fraction of sp³-hybridized carbons (Fsp3) is 0.286. The lowest BCUT2D eigenvalue weighted by Crippen LogP contribution is -2.30. The standard InChI is InChI=1S/C21H23N3O4S/c1-11-17(13(3)25)12(2)22-18(11)20(27)28-14(4)19(26)24-21-23-16(10-29-21)15-8-6-5-7-9-15/h5-10,13-14,22,25H,1-4H3,(H,23,24,26)/t13-,14+/m0/s1. The van der Waals surface area contributed by atoms with Crippen molar-refractivity contribution in [3.8, 4) is 11.3 Å². The molecule has 3 N–H and O–H groups in total. The minimum absolute atomic E-state index is 0.235. The maximum Gasteiger partial charge on any atom is 0.355 e. The van der Waals surface area contributed by atoms with Crippen LogP contribution in [0.4, 0.5) is 5.13 Å². The van der Waals surface area contributed by atoms with Gasteiger partial charge in [0.05, 0.1) is 11.8 Å². The Hall–Kier alpha value is -2.97. The summed E-state index contributed by atoms with van der Waals surface area (Å²) < 4.78 is 5.30. The molecule has 3 rings (SSSR count). The van der Waals surface area contributed by atoms with Crippen LogP contribution in [-0.4, -0.2) is 33.1 Å². The van der Waals surface area contributed by atoms with Gasteiger partial charge in [0.2, 0.25) is 0 Å². The van der Waals surface area contributed by atoms with Crippen molar-refractivity contribution in [2.75, 3.05) is 5.32 Å². The van der Waals surface area contributed by atoms with Crippen LogP contribution >= 0.6 is 11.3 Å². The lowest BCUT2D eigenvalue weighted by atomic mass is 10.1. The molecule has 2 atom stereocenters. The fourth-order valence-electron chi connectivity index (χ4n) is 3.15. The molecule has 0 saturated heterocycles. The zero-order valence-corrected chi connectivity index (χ0v) is 17.5. The van der Waals surface area contributed by atoms with Gasteiger partial charge in [-0.3, -0.25) is 10.1 Å². The topological polar surface area (TPSA) is 104 Å². The largest absolute Gasteiger partial charge is 0.448 e. The van der Waals surface area contributed by atoms with Crippen LogP contribution in [0, 0.1) is 13.8 Å². The van der Waals surface area contributed by atoms with E-state index in [4.69, 9.17) is 4.74 Å². The highest BCUT2D eigenvalue weighted by atomic mass is 32.1. The summed E-state index contributed by atoms with van der Waals surface area (Å²) in [5, 5.41) is 14.8. The highest BCUT2D eigenvalue weighted by molar-refractivity contribution is 7.14. The van der Waals surface area contributed by atoms with Crippen molar-refractivity contribution in [3.05, 3.63) is 58.2 Å². The zero-order valence-electron chi connectivity index (χ0n) is 16.6. The van der Waals surface area contributed by atoms with E-state index in [9.17, 15) is 14.7 Å². The molecule has 0 saturated carbocycles. The number of carbonyl (C=O) groups excluding carboxylic acids is 2. The Morgan fingerprint density at radius 2 is 1.90 bits per heavy atom. The Bertz CT molecular complexity index is 1020. The minimum Gasteiger partial charge on any atom is -0.448 e. The molecular weight excluding hydrogens is 390 g/mol. The van der Waals surface area contributed by atoms with Gasteiger partial charge in [-0.05, 0) is 33.3 Å². The van der Waals surface area contributed by atoms with Crippen LogP contribution in [0.2, 0.25) is 0 Å². The Morgan fingerprint density at radius 3 is 2.52 bits per heavy atom. The van der Waals surface area contributed by atoms with Gasteiger partial charge >= 0.3 is 5.97 Å². The highest BCUT2D eigenvalue weighted by Crippen LogP contribution is 2.26. The summed E-state index contributed by atoms with van der Waals surface area (Å²) in [5.41, 5.74) is 3.91. The number of hydrogen-bond donors (Lipinski definition) is 3. The molecule has 0 bridgehead atoms. The first-order valence-corrected chi connectivity index (χ1v) is 10.1. The summed E-state index contributed by atoms with van der Waals surface area (Å²) in [4.78, 5) is 32.2. The van der Waals surface area contributed by atoms with Crippen molar-refractivity contribution in [2.24, 2.45) is 0 Å². The second-order valence-corrected chi connectivity index (χ2v) is 7.64. The summed E-state index contributed by atoms with van der Waals surface area (Å²) in [6.07, 6.45) is -1.72. The molecule has 2 aromatic heterocycles. The van der Waals surface area contributed by atoms with E-state index in [-0.39, 0.29) is 5.69 Å². The molecule has 0 radical (unpaired) electrons. The van der Waals surface area contributed by atoms with Crippen LogP contribution in [-0.2, 0) is 9.53 Å². The summed E-state index contributed by atoms with van der Waals surface area (Å²) >= 11 is 1.30. The van der Waals surface area contributed by atoms with Crippen LogP contribution in [0.5, 0.6) is 0 Å². The molecule has 0 aliphatic rings. The summed E-state index contributed by atoms with van der Waals surface area (Å²) in [7, 11) is 0. The number of nitrogens with one attached hydrogen (secondary N) is 2. The summed E-state index contributed by atoms with van der Waals surface area (Å²) in [5.74, 6) is -1.12. The Balaban J connectivity index is 1.65. The molecule has 29 heavy (non-hydrogen) atoms. The Kier molecular flexibility index (Phi) is 6.14. The molecule has 1 amide bonds. The maximum atomic E-state index is 12.5. The first kappa shape index (κ1) is 20.8. The first-order valence-electron chi connectivity index (χ1n) is 9.17. The molecule has 2 heterocycles. The van der Waals surface area contributed by atoms with E-state index in [2.05, 4.69) is 15.3 Å². The van der Waals surface area contributed by atoms with Crippen LogP contribution in [0.15, 0.2) is 35.7 Å². The second kappa shape index (κ2) is 8.59. The number of thiazole rings is 1. The molecule has 0 unspecified atom stereocenters. The van der Waals surface area contributed by atoms with Crippen molar-refractivity contribution < 1.29 is 19.4 Å². The van der Waals surface area contributed by atoms with E-state index in [1.807, 2.05) is 35.7 Å². The molecule has 8 heteroatoms. The van der Waals surface area contributed by atoms with Gasteiger partial charge in [0.25, 0.3) is 5.91 Å². The van der Waals surface area contributed by atoms with Crippen LogP contribution in [0.1, 0.15) is 47.3 Å². The molecule has 0 spiro atoms. The predicted molar refractivity (Wildman–Crippen MR) is 112 cm³/mol. The molecule has 1 aromatic carbocycles. The summed E-state index contributed by atoms with van der Waals surface area (Å²) in [6, 6.07) is 9.63.